The average molecular weight is 304 g/mol. The first-order valence-electron chi connectivity index (χ1n) is 6.55. The lowest BCUT2D eigenvalue weighted by atomic mass is 10.2. The Morgan fingerprint density at radius 3 is 2.95 bits per heavy atom. The Kier molecular flexibility index (Phi) is 3.90. The molecule has 0 N–H and O–H groups in total. The lowest BCUT2D eigenvalue weighted by Crippen LogP contribution is -2.01. The summed E-state index contributed by atoms with van der Waals surface area (Å²) in [6.45, 7) is 0.849. The van der Waals surface area contributed by atoms with Crippen LogP contribution in [0.5, 0.6) is 0 Å². The highest BCUT2D eigenvalue weighted by atomic mass is 35.5. The second-order valence-electron chi connectivity index (χ2n) is 4.72. The number of ketones is 1. The van der Waals surface area contributed by atoms with Gasteiger partial charge in [0.25, 0.3) is 0 Å². The fourth-order valence-corrected chi connectivity index (χ4v) is 3.21. The lowest BCUT2D eigenvalue weighted by molar-refractivity contribution is 0.0982. The van der Waals surface area contributed by atoms with Crippen LogP contribution < -0.4 is 0 Å². The molecule has 2 aromatic heterocycles. The fourth-order valence-electron chi connectivity index (χ4n) is 2.34. The van der Waals surface area contributed by atoms with Crippen molar-refractivity contribution in [2.24, 2.45) is 0 Å². The van der Waals surface area contributed by atoms with Gasteiger partial charge in [-0.05, 0) is 42.1 Å². The van der Waals surface area contributed by atoms with Gasteiger partial charge in [0.15, 0.2) is 5.78 Å². The Morgan fingerprint density at radius 2 is 2.15 bits per heavy atom. The summed E-state index contributed by atoms with van der Waals surface area (Å²) in [5.41, 5.74) is 1.16. The number of carbonyl (C=O) groups excluding carboxylic acids is 1. The maximum absolute atomic E-state index is 11.9. The minimum Gasteiger partial charge on any atom is -0.347 e. The zero-order valence-electron chi connectivity index (χ0n) is 10.9. The van der Waals surface area contributed by atoms with E-state index in [1.54, 1.807) is 0 Å². The van der Waals surface area contributed by atoms with Crippen LogP contribution in [0.1, 0.15) is 22.5 Å². The molecule has 0 amide bonds. The van der Waals surface area contributed by atoms with Gasteiger partial charge in [-0.2, -0.15) is 0 Å². The predicted octanol–water partition coefficient (Wildman–Crippen LogP) is 5.02. The van der Waals surface area contributed by atoms with Crippen LogP contribution in [-0.4, -0.2) is 10.4 Å². The normalized spacial score (nSPS) is 11.1. The van der Waals surface area contributed by atoms with Crippen molar-refractivity contribution in [1.82, 2.24) is 4.57 Å². The Bertz CT molecular complexity index is 730. The summed E-state index contributed by atoms with van der Waals surface area (Å²) in [4.78, 5) is 12.8. The first-order valence-corrected chi connectivity index (χ1v) is 7.81. The molecule has 0 aliphatic rings. The summed E-state index contributed by atoms with van der Waals surface area (Å²) in [6, 6.07) is 11.8. The smallest absolute Gasteiger partial charge is 0.172 e. The molecule has 4 heteroatoms. The third-order valence-electron chi connectivity index (χ3n) is 3.33. The molecule has 0 saturated carbocycles. The largest absolute Gasteiger partial charge is 0.347 e. The Labute approximate surface area is 126 Å². The summed E-state index contributed by atoms with van der Waals surface area (Å²) >= 11 is 7.49. The van der Waals surface area contributed by atoms with Crippen LogP contribution in [0.2, 0.25) is 5.02 Å². The molecule has 102 valence electrons. The Hall–Kier alpha value is -1.58. The van der Waals surface area contributed by atoms with Crippen molar-refractivity contribution in [2.75, 3.05) is 0 Å². The number of Topliss-reactive ketones (excluding diaryl/α,β-unsaturated/α-hetero) is 1. The minimum absolute atomic E-state index is 0.236. The SMILES string of the molecule is O=C(CCCn1ccc2cc(Cl)ccc21)c1cccs1. The Balaban J connectivity index is 1.64. The van der Waals surface area contributed by atoms with Crippen LogP contribution in [0.15, 0.2) is 48.0 Å². The second kappa shape index (κ2) is 5.81. The zero-order valence-corrected chi connectivity index (χ0v) is 12.5. The van der Waals surface area contributed by atoms with E-state index < -0.39 is 0 Å². The molecular formula is C16H14ClNOS. The van der Waals surface area contributed by atoms with Crippen molar-refractivity contribution in [3.8, 4) is 0 Å². The molecule has 0 fully saturated rings. The van der Waals surface area contributed by atoms with Crippen LogP contribution in [0.25, 0.3) is 10.9 Å². The van der Waals surface area contributed by atoms with Crippen molar-refractivity contribution >= 4 is 39.6 Å². The monoisotopic (exact) mass is 303 g/mol. The van der Waals surface area contributed by atoms with Gasteiger partial charge >= 0.3 is 0 Å². The molecule has 0 bridgehead atoms. The van der Waals surface area contributed by atoms with Gasteiger partial charge in [0.05, 0.1) is 4.88 Å². The maximum Gasteiger partial charge on any atom is 0.172 e. The molecule has 0 spiro atoms. The summed E-state index contributed by atoms with van der Waals surface area (Å²) in [5.74, 6) is 0.236. The number of hydrogen-bond acceptors (Lipinski definition) is 2. The number of aryl methyl sites for hydroxylation is 1. The van der Waals surface area contributed by atoms with Crippen molar-refractivity contribution < 1.29 is 4.79 Å². The minimum atomic E-state index is 0.236. The van der Waals surface area contributed by atoms with Gasteiger partial charge in [0.2, 0.25) is 0 Å². The van der Waals surface area contributed by atoms with Crippen molar-refractivity contribution in [3.05, 3.63) is 57.9 Å². The highest BCUT2D eigenvalue weighted by Crippen LogP contribution is 2.21. The number of rotatable bonds is 5. The van der Waals surface area contributed by atoms with Gasteiger partial charge in [-0.3, -0.25) is 4.79 Å². The van der Waals surface area contributed by atoms with Crippen LogP contribution in [0.3, 0.4) is 0 Å². The molecule has 3 aromatic rings. The first kappa shape index (κ1) is 13.4. The van der Waals surface area contributed by atoms with E-state index in [-0.39, 0.29) is 5.78 Å². The molecule has 3 rings (SSSR count). The number of carbonyl (C=O) groups is 1. The summed E-state index contributed by atoms with van der Waals surface area (Å²) in [6.07, 6.45) is 3.49. The van der Waals surface area contributed by atoms with Crippen LogP contribution in [0.4, 0.5) is 0 Å². The maximum atomic E-state index is 11.9. The summed E-state index contributed by atoms with van der Waals surface area (Å²) < 4.78 is 2.17. The van der Waals surface area contributed by atoms with Crippen molar-refractivity contribution in [3.63, 3.8) is 0 Å². The van der Waals surface area contributed by atoms with E-state index in [1.165, 1.54) is 11.3 Å². The first-order chi connectivity index (χ1) is 9.74. The van der Waals surface area contributed by atoms with E-state index in [0.29, 0.717) is 6.42 Å². The van der Waals surface area contributed by atoms with Crippen molar-refractivity contribution in [2.45, 2.75) is 19.4 Å². The third-order valence-corrected chi connectivity index (χ3v) is 4.48. The molecular weight excluding hydrogens is 290 g/mol. The standard InChI is InChI=1S/C16H14ClNOS/c17-13-5-6-14-12(11-13)7-9-18(14)8-1-3-15(19)16-4-2-10-20-16/h2,4-7,9-11H,1,3,8H2. The second-order valence-corrected chi connectivity index (χ2v) is 6.10. The van der Waals surface area contributed by atoms with Gasteiger partial charge in [-0.15, -0.1) is 11.3 Å². The number of thiophene rings is 1. The fraction of sp³-hybridized carbons (Fsp3) is 0.188. The van der Waals surface area contributed by atoms with Crippen molar-refractivity contribution in [1.29, 1.82) is 0 Å². The van der Waals surface area contributed by atoms with Gasteiger partial charge < -0.3 is 4.57 Å². The lowest BCUT2D eigenvalue weighted by Gasteiger charge is -2.05. The number of benzene rings is 1. The number of aromatic nitrogens is 1. The molecule has 20 heavy (non-hydrogen) atoms. The number of nitrogens with zero attached hydrogens (tertiary/aromatic N) is 1. The Morgan fingerprint density at radius 1 is 1.25 bits per heavy atom. The van der Waals surface area contributed by atoms with E-state index in [1.807, 2.05) is 35.7 Å². The van der Waals surface area contributed by atoms with Gasteiger partial charge in [0, 0.05) is 35.1 Å². The van der Waals surface area contributed by atoms with E-state index in [4.69, 9.17) is 11.6 Å². The molecule has 0 unspecified atom stereocenters. The predicted molar refractivity (Wildman–Crippen MR) is 84.8 cm³/mol. The van der Waals surface area contributed by atoms with Crippen LogP contribution >= 0.6 is 22.9 Å². The molecule has 0 saturated heterocycles. The van der Waals surface area contributed by atoms with Crippen LogP contribution in [0, 0.1) is 0 Å². The van der Waals surface area contributed by atoms with E-state index in [2.05, 4.69) is 16.8 Å². The topological polar surface area (TPSA) is 22.0 Å². The van der Waals surface area contributed by atoms with Gasteiger partial charge in [-0.1, -0.05) is 17.7 Å². The molecule has 0 aliphatic carbocycles. The molecule has 0 aliphatic heterocycles. The number of hydrogen-bond donors (Lipinski definition) is 0. The highest BCUT2D eigenvalue weighted by Gasteiger charge is 2.07. The molecule has 0 radical (unpaired) electrons. The van der Waals surface area contributed by atoms with Crippen LogP contribution in [-0.2, 0) is 6.54 Å². The van der Waals surface area contributed by atoms with Gasteiger partial charge in [-0.25, -0.2) is 0 Å². The third kappa shape index (κ3) is 2.79. The number of fused-ring (bicyclic) bond motifs is 1. The van der Waals surface area contributed by atoms with Gasteiger partial charge in [0.1, 0.15) is 0 Å². The van der Waals surface area contributed by atoms with E-state index >= 15 is 0 Å². The van der Waals surface area contributed by atoms with E-state index in [9.17, 15) is 4.79 Å². The molecule has 2 heterocycles. The molecule has 1 aromatic carbocycles. The average Bonchev–Trinajstić information content (AvgIpc) is 3.08. The summed E-state index contributed by atoms with van der Waals surface area (Å²) in [7, 11) is 0. The summed E-state index contributed by atoms with van der Waals surface area (Å²) in [5, 5.41) is 3.83. The highest BCUT2D eigenvalue weighted by molar-refractivity contribution is 7.12. The molecule has 2 nitrogen and oxygen atoms in total. The van der Waals surface area contributed by atoms with E-state index in [0.717, 1.165) is 33.8 Å². The quantitative estimate of drug-likeness (QED) is 0.607. The number of halogens is 1. The zero-order chi connectivity index (χ0) is 13.9. The molecule has 0 atom stereocenters.